The quantitative estimate of drug-likeness (QED) is 0.148. The summed E-state index contributed by atoms with van der Waals surface area (Å²) in [5, 5.41) is 0.869. The first-order valence-electron chi connectivity index (χ1n) is 12.2. The zero-order chi connectivity index (χ0) is 24.4. The van der Waals surface area contributed by atoms with Crippen molar-refractivity contribution in [3.63, 3.8) is 0 Å². The van der Waals surface area contributed by atoms with Crippen LogP contribution in [0.5, 0.6) is 5.75 Å². The fourth-order valence-corrected chi connectivity index (χ4v) is 5.54. The van der Waals surface area contributed by atoms with Gasteiger partial charge in [0.2, 0.25) is 0 Å². The van der Waals surface area contributed by atoms with Crippen LogP contribution in [0.4, 0.5) is 0 Å². The molecule has 0 atom stereocenters. The third-order valence-corrected chi connectivity index (χ3v) is 9.44. The van der Waals surface area contributed by atoms with E-state index in [0.29, 0.717) is 17.8 Å². The van der Waals surface area contributed by atoms with Crippen molar-refractivity contribution in [3.8, 4) is 16.9 Å². The fourth-order valence-electron chi connectivity index (χ4n) is 4.08. The fraction of sp³-hybridized carbons (Fsp3) is 0.481. The lowest BCUT2D eigenvalue weighted by molar-refractivity contribution is 0.248. The lowest BCUT2D eigenvalue weighted by Crippen LogP contribution is -2.35. The van der Waals surface area contributed by atoms with E-state index < -0.39 is 8.56 Å². The van der Waals surface area contributed by atoms with Gasteiger partial charge in [0.15, 0.2) is 0 Å². The number of aryl methyl sites for hydroxylation is 1. The predicted molar refractivity (Wildman–Crippen MR) is 139 cm³/mol. The number of fused-ring (bicyclic) bond motifs is 1. The Kier molecular flexibility index (Phi) is 9.86. The van der Waals surface area contributed by atoms with Crippen LogP contribution in [0, 0.1) is 0 Å². The molecule has 0 saturated heterocycles. The molecule has 184 valence electrons. The lowest BCUT2D eigenvalue weighted by atomic mass is 10.0. The highest BCUT2D eigenvalue weighted by molar-refractivity contribution is 6.65. The van der Waals surface area contributed by atoms with E-state index in [0.717, 1.165) is 54.0 Å². The molecule has 7 heteroatoms. The predicted octanol–water partition coefficient (Wildman–Crippen LogP) is 6.50. The maximum absolute atomic E-state index is 12.7. The Labute approximate surface area is 203 Å². The Hall–Kier alpha value is -2.48. The topological polar surface area (TPSA) is 70.8 Å². The van der Waals surface area contributed by atoms with Crippen LogP contribution in [0.2, 0.25) is 12.6 Å². The molecule has 2 aromatic heterocycles. The van der Waals surface area contributed by atoms with Crippen molar-refractivity contribution >= 4 is 19.5 Å². The van der Waals surface area contributed by atoms with Gasteiger partial charge in [-0.2, -0.15) is 0 Å². The zero-order valence-corrected chi connectivity index (χ0v) is 21.9. The van der Waals surface area contributed by atoms with E-state index in [-0.39, 0.29) is 5.63 Å². The molecule has 0 spiro atoms. The molecule has 2 heterocycles. The summed E-state index contributed by atoms with van der Waals surface area (Å²) in [4.78, 5) is 16.8. The third-order valence-electron chi connectivity index (χ3n) is 6.45. The zero-order valence-electron chi connectivity index (χ0n) is 20.9. The average molecular weight is 484 g/mol. The minimum absolute atomic E-state index is 0.355. The number of benzene rings is 1. The molecule has 0 radical (unpaired) electrons. The van der Waals surface area contributed by atoms with Gasteiger partial charge in [0.25, 0.3) is 0 Å². The van der Waals surface area contributed by atoms with Crippen molar-refractivity contribution in [1.29, 1.82) is 0 Å². The molecule has 0 amide bonds. The molecular weight excluding hydrogens is 446 g/mol. The molecule has 3 rings (SSSR count). The Bertz CT molecular complexity index is 1110. The molecule has 0 aliphatic rings. The summed E-state index contributed by atoms with van der Waals surface area (Å²) >= 11 is 0. The van der Waals surface area contributed by atoms with Gasteiger partial charge in [-0.15, -0.1) is 0 Å². The summed E-state index contributed by atoms with van der Waals surface area (Å²) in [6, 6.07) is 10.5. The first-order chi connectivity index (χ1) is 16.5. The highest BCUT2D eigenvalue weighted by Crippen LogP contribution is 2.26. The highest BCUT2D eigenvalue weighted by atomic mass is 28.4. The van der Waals surface area contributed by atoms with Crippen molar-refractivity contribution < 1.29 is 18.0 Å². The van der Waals surface area contributed by atoms with E-state index in [1.165, 1.54) is 19.3 Å². The first kappa shape index (κ1) is 26.1. The largest absolute Gasteiger partial charge is 0.493 e. The molecule has 0 aliphatic carbocycles. The van der Waals surface area contributed by atoms with Crippen molar-refractivity contribution in [2.24, 2.45) is 0 Å². The van der Waals surface area contributed by atoms with Gasteiger partial charge in [0.1, 0.15) is 11.3 Å². The van der Waals surface area contributed by atoms with Crippen LogP contribution in [0.25, 0.3) is 22.1 Å². The summed E-state index contributed by atoms with van der Waals surface area (Å²) in [6.07, 6.45) is 11.2. The van der Waals surface area contributed by atoms with Crippen LogP contribution in [-0.2, 0) is 15.3 Å². The van der Waals surface area contributed by atoms with Crippen LogP contribution in [0.1, 0.15) is 51.0 Å². The van der Waals surface area contributed by atoms with E-state index >= 15 is 0 Å². The van der Waals surface area contributed by atoms with Gasteiger partial charge in [-0.05, 0) is 55.3 Å². The second-order valence-electron chi connectivity index (χ2n) is 8.80. The minimum Gasteiger partial charge on any atom is -0.493 e. The van der Waals surface area contributed by atoms with Crippen LogP contribution >= 0.6 is 0 Å². The van der Waals surface area contributed by atoms with Crippen LogP contribution in [0.15, 0.2) is 51.9 Å². The third kappa shape index (κ3) is 7.01. The van der Waals surface area contributed by atoms with Gasteiger partial charge in [0, 0.05) is 43.6 Å². The normalized spacial score (nSPS) is 11.8. The number of rotatable bonds is 14. The van der Waals surface area contributed by atoms with Crippen LogP contribution in [-0.4, -0.2) is 34.4 Å². The van der Waals surface area contributed by atoms with E-state index in [1.807, 2.05) is 24.3 Å². The molecule has 34 heavy (non-hydrogen) atoms. The number of hydrogen-bond acceptors (Lipinski definition) is 6. The number of pyridine rings is 1. The van der Waals surface area contributed by atoms with E-state index in [4.69, 9.17) is 18.0 Å². The van der Waals surface area contributed by atoms with E-state index in [1.54, 1.807) is 32.7 Å². The number of hydrogen-bond donors (Lipinski definition) is 0. The summed E-state index contributed by atoms with van der Waals surface area (Å²) in [5.41, 5.74) is 2.63. The van der Waals surface area contributed by atoms with Crippen molar-refractivity contribution in [2.45, 2.75) is 64.5 Å². The molecule has 3 aromatic rings. The van der Waals surface area contributed by atoms with Crippen molar-refractivity contribution in [1.82, 2.24) is 4.98 Å². The monoisotopic (exact) mass is 483 g/mol. The number of unbranched alkanes of at least 4 members (excludes halogenated alkanes) is 5. The smallest absolute Gasteiger partial charge is 0.344 e. The minimum atomic E-state index is -1.91. The van der Waals surface area contributed by atoms with E-state index in [9.17, 15) is 4.79 Å². The summed E-state index contributed by atoms with van der Waals surface area (Å²) < 4.78 is 22.6. The molecule has 0 saturated carbocycles. The summed E-state index contributed by atoms with van der Waals surface area (Å²) in [5.74, 6) is 0.724. The molecule has 1 aromatic carbocycles. The van der Waals surface area contributed by atoms with Gasteiger partial charge in [0.05, 0.1) is 12.2 Å². The van der Waals surface area contributed by atoms with Crippen molar-refractivity contribution in [3.05, 3.63) is 58.7 Å². The second kappa shape index (κ2) is 12.8. The van der Waals surface area contributed by atoms with Gasteiger partial charge >= 0.3 is 14.2 Å². The standard InChI is InChI=1S/C27H37NO5Si/c1-5-21-14-15-28-20-25(21)24-18-22-12-13-23(19-26(22)33-27(24)29)32-16-10-8-6-7-9-11-17-34(4,30-2)31-3/h12-15,18-20H,5-11,16-17H2,1-4H3. The van der Waals surface area contributed by atoms with Crippen molar-refractivity contribution in [2.75, 3.05) is 20.8 Å². The summed E-state index contributed by atoms with van der Waals surface area (Å²) in [7, 11) is 1.59. The van der Waals surface area contributed by atoms with Gasteiger partial charge in [-0.25, -0.2) is 4.79 Å². The highest BCUT2D eigenvalue weighted by Gasteiger charge is 2.27. The molecule has 0 N–H and O–H groups in total. The van der Waals surface area contributed by atoms with Gasteiger partial charge in [-0.1, -0.05) is 39.0 Å². The maximum atomic E-state index is 12.7. The Morgan fingerprint density at radius 2 is 1.68 bits per heavy atom. The van der Waals surface area contributed by atoms with Crippen LogP contribution in [0.3, 0.4) is 0 Å². The molecule has 0 bridgehead atoms. The molecule has 0 unspecified atom stereocenters. The number of nitrogens with zero attached hydrogens (tertiary/aromatic N) is 1. The maximum Gasteiger partial charge on any atom is 0.344 e. The molecule has 0 fully saturated rings. The van der Waals surface area contributed by atoms with Crippen LogP contribution < -0.4 is 10.4 Å². The number of aromatic nitrogens is 1. The average Bonchev–Trinajstić information content (AvgIpc) is 2.87. The van der Waals surface area contributed by atoms with Gasteiger partial charge < -0.3 is 18.0 Å². The molecule has 6 nitrogen and oxygen atoms in total. The van der Waals surface area contributed by atoms with Gasteiger partial charge in [-0.3, -0.25) is 4.98 Å². The summed E-state index contributed by atoms with van der Waals surface area (Å²) in [6.45, 7) is 4.83. The molecular formula is C27H37NO5Si. The number of ether oxygens (including phenoxy) is 1. The van der Waals surface area contributed by atoms with E-state index in [2.05, 4.69) is 18.5 Å². The Morgan fingerprint density at radius 3 is 2.41 bits per heavy atom. The Morgan fingerprint density at radius 1 is 0.941 bits per heavy atom. The first-order valence-corrected chi connectivity index (χ1v) is 14.8. The Balaban J connectivity index is 1.46. The lowest BCUT2D eigenvalue weighted by Gasteiger charge is -2.22. The molecule has 0 aliphatic heterocycles. The second-order valence-corrected chi connectivity index (χ2v) is 12.4. The SMILES string of the molecule is CCc1ccncc1-c1cc2ccc(OCCCCCCCC[Si](C)(OC)OC)cc2oc1=O.